The smallest absolute Gasteiger partial charge is 0.0594 e. The fourth-order valence-corrected chi connectivity index (χ4v) is 2.62. The monoisotopic (exact) mass is 184 g/mol. The Balaban J connectivity index is 1.90. The zero-order valence-corrected chi connectivity index (χ0v) is 8.46. The minimum absolute atomic E-state index is 0.720. The average molecular weight is 184 g/mol. The maximum Gasteiger partial charge on any atom is 0.0594 e. The topological polar surface area (TPSA) is 24.5 Å². The van der Waals surface area contributed by atoms with Crippen molar-refractivity contribution < 1.29 is 4.74 Å². The van der Waals surface area contributed by atoms with Gasteiger partial charge in [-0.25, -0.2) is 0 Å². The van der Waals surface area contributed by atoms with Crippen LogP contribution in [-0.4, -0.2) is 50.3 Å². The standard InChI is InChI=1S/C10H20N2O/c1-11-9-3-2-4-10(9)12-5-7-13-8-6-12/h9-11H,2-8H2,1H3/t9-,10-/m0/s1. The Hall–Kier alpha value is -0.120. The van der Waals surface area contributed by atoms with Crippen LogP contribution in [-0.2, 0) is 4.74 Å². The number of hydrogen-bond donors (Lipinski definition) is 1. The van der Waals surface area contributed by atoms with Crippen LogP contribution in [0.3, 0.4) is 0 Å². The summed E-state index contributed by atoms with van der Waals surface area (Å²) in [4.78, 5) is 2.59. The summed E-state index contributed by atoms with van der Waals surface area (Å²) in [6.45, 7) is 4.10. The Morgan fingerprint density at radius 2 is 2.00 bits per heavy atom. The third-order valence-electron chi connectivity index (χ3n) is 3.36. The second kappa shape index (κ2) is 4.40. The minimum Gasteiger partial charge on any atom is -0.379 e. The van der Waals surface area contributed by atoms with Crippen LogP contribution in [0.4, 0.5) is 0 Å². The lowest BCUT2D eigenvalue weighted by molar-refractivity contribution is 0.0130. The first-order valence-corrected chi connectivity index (χ1v) is 5.41. The molecular weight excluding hydrogens is 164 g/mol. The predicted octanol–water partition coefficient (Wildman–Crippen LogP) is 0.459. The maximum atomic E-state index is 5.37. The molecule has 3 nitrogen and oxygen atoms in total. The highest BCUT2D eigenvalue weighted by molar-refractivity contribution is 4.90. The van der Waals surface area contributed by atoms with Gasteiger partial charge in [-0.15, -0.1) is 0 Å². The van der Waals surface area contributed by atoms with Crippen molar-refractivity contribution in [1.82, 2.24) is 10.2 Å². The second-order valence-electron chi connectivity index (χ2n) is 4.04. The summed E-state index contributed by atoms with van der Waals surface area (Å²) in [5, 5.41) is 3.43. The third kappa shape index (κ3) is 2.03. The fourth-order valence-electron chi connectivity index (χ4n) is 2.62. The summed E-state index contributed by atoms with van der Waals surface area (Å²) in [5.74, 6) is 0. The van der Waals surface area contributed by atoms with Crippen LogP contribution < -0.4 is 5.32 Å². The van der Waals surface area contributed by atoms with Gasteiger partial charge in [0.15, 0.2) is 0 Å². The Labute approximate surface area is 80.4 Å². The van der Waals surface area contributed by atoms with E-state index in [1.165, 1.54) is 19.3 Å². The molecule has 13 heavy (non-hydrogen) atoms. The van der Waals surface area contributed by atoms with Crippen molar-refractivity contribution in [1.29, 1.82) is 0 Å². The molecule has 3 heteroatoms. The largest absolute Gasteiger partial charge is 0.379 e. The van der Waals surface area contributed by atoms with Crippen molar-refractivity contribution in [2.75, 3.05) is 33.4 Å². The van der Waals surface area contributed by atoms with Gasteiger partial charge in [0.1, 0.15) is 0 Å². The SMILES string of the molecule is CN[C@H]1CCC[C@@H]1N1CCOCC1. The van der Waals surface area contributed by atoms with Gasteiger partial charge in [-0.3, -0.25) is 4.90 Å². The van der Waals surface area contributed by atoms with Crippen molar-refractivity contribution in [2.24, 2.45) is 0 Å². The van der Waals surface area contributed by atoms with Crippen molar-refractivity contribution in [3.8, 4) is 0 Å². The minimum atomic E-state index is 0.720. The van der Waals surface area contributed by atoms with Crippen LogP contribution in [0.15, 0.2) is 0 Å². The average Bonchev–Trinajstić information content (AvgIpc) is 2.67. The Bertz CT molecular complexity index is 157. The number of likely N-dealkylation sites (N-methyl/N-ethyl adjacent to an activating group) is 1. The molecule has 1 aliphatic carbocycles. The zero-order valence-electron chi connectivity index (χ0n) is 8.46. The Kier molecular flexibility index (Phi) is 3.19. The van der Waals surface area contributed by atoms with Crippen LogP contribution >= 0.6 is 0 Å². The molecule has 0 bridgehead atoms. The number of morpholine rings is 1. The second-order valence-corrected chi connectivity index (χ2v) is 4.04. The quantitative estimate of drug-likeness (QED) is 0.675. The van der Waals surface area contributed by atoms with Gasteiger partial charge in [0, 0.05) is 25.2 Å². The van der Waals surface area contributed by atoms with Gasteiger partial charge in [-0.1, -0.05) is 6.42 Å². The molecular formula is C10H20N2O. The molecule has 1 N–H and O–H groups in total. The van der Waals surface area contributed by atoms with Gasteiger partial charge < -0.3 is 10.1 Å². The molecule has 2 aliphatic rings. The van der Waals surface area contributed by atoms with Crippen LogP contribution in [0, 0.1) is 0 Å². The molecule has 2 fully saturated rings. The molecule has 0 radical (unpaired) electrons. The van der Waals surface area contributed by atoms with E-state index in [-0.39, 0.29) is 0 Å². The van der Waals surface area contributed by atoms with E-state index < -0.39 is 0 Å². The summed E-state index contributed by atoms with van der Waals surface area (Å²) >= 11 is 0. The molecule has 76 valence electrons. The molecule has 0 amide bonds. The van der Waals surface area contributed by atoms with E-state index in [0.29, 0.717) is 0 Å². The number of hydrogen-bond acceptors (Lipinski definition) is 3. The van der Waals surface area contributed by atoms with E-state index in [1.807, 2.05) is 0 Å². The van der Waals surface area contributed by atoms with Gasteiger partial charge in [0.2, 0.25) is 0 Å². The van der Waals surface area contributed by atoms with Crippen LogP contribution in [0.5, 0.6) is 0 Å². The molecule has 0 spiro atoms. The number of ether oxygens (including phenoxy) is 1. The van der Waals surface area contributed by atoms with Crippen molar-refractivity contribution in [2.45, 2.75) is 31.3 Å². The van der Waals surface area contributed by atoms with E-state index in [4.69, 9.17) is 4.74 Å². The van der Waals surface area contributed by atoms with Crippen LogP contribution in [0.25, 0.3) is 0 Å². The van der Waals surface area contributed by atoms with Crippen molar-refractivity contribution in [3.63, 3.8) is 0 Å². The Morgan fingerprint density at radius 3 is 2.69 bits per heavy atom. The van der Waals surface area contributed by atoms with E-state index in [0.717, 1.165) is 38.4 Å². The molecule has 0 aromatic rings. The molecule has 1 saturated carbocycles. The molecule has 0 unspecified atom stereocenters. The first-order valence-electron chi connectivity index (χ1n) is 5.41. The first-order chi connectivity index (χ1) is 6.42. The maximum absolute atomic E-state index is 5.37. The van der Waals surface area contributed by atoms with Gasteiger partial charge in [0.05, 0.1) is 13.2 Å². The predicted molar refractivity (Wildman–Crippen MR) is 52.9 cm³/mol. The van der Waals surface area contributed by atoms with Gasteiger partial charge in [-0.2, -0.15) is 0 Å². The highest BCUT2D eigenvalue weighted by atomic mass is 16.5. The normalized spacial score (nSPS) is 36.7. The molecule has 0 aromatic carbocycles. The lowest BCUT2D eigenvalue weighted by Gasteiger charge is -2.35. The highest BCUT2D eigenvalue weighted by Gasteiger charge is 2.31. The van der Waals surface area contributed by atoms with Gasteiger partial charge in [-0.05, 0) is 19.9 Å². The summed E-state index contributed by atoms with van der Waals surface area (Å²) in [7, 11) is 2.09. The highest BCUT2D eigenvalue weighted by Crippen LogP contribution is 2.24. The third-order valence-corrected chi connectivity index (χ3v) is 3.36. The first kappa shape index (κ1) is 9.44. The zero-order chi connectivity index (χ0) is 9.10. The number of rotatable bonds is 2. The van der Waals surface area contributed by atoms with Gasteiger partial charge >= 0.3 is 0 Å². The van der Waals surface area contributed by atoms with E-state index >= 15 is 0 Å². The Morgan fingerprint density at radius 1 is 1.23 bits per heavy atom. The number of nitrogens with one attached hydrogen (secondary N) is 1. The van der Waals surface area contributed by atoms with Crippen LogP contribution in [0.2, 0.25) is 0 Å². The molecule has 1 saturated heterocycles. The lowest BCUT2D eigenvalue weighted by Crippen LogP contribution is -2.50. The molecule has 0 aromatic heterocycles. The molecule has 2 rings (SSSR count). The fraction of sp³-hybridized carbons (Fsp3) is 1.00. The van der Waals surface area contributed by atoms with E-state index in [9.17, 15) is 0 Å². The van der Waals surface area contributed by atoms with Crippen molar-refractivity contribution >= 4 is 0 Å². The van der Waals surface area contributed by atoms with E-state index in [2.05, 4.69) is 17.3 Å². The van der Waals surface area contributed by atoms with Crippen molar-refractivity contribution in [3.05, 3.63) is 0 Å². The van der Waals surface area contributed by atoms with Gasteiger partial charge in [0.25, 0.3) is 0 Å². The summed E-state index contributed by atoms with van der Waals surface area (Å²) in [5.41, 5.74) is 0. The molecule has 2 atom stereocenters. The molecule has 1 heterocycles. The number of nitrogens with zero attached hydrogens (tertiary/aromatic N) is 1. The lowest BCUT2D eigenvalue weighted by atomic mass is 10.1. The molecule has 1 aliphatic heterocycles. The van der Waals surface area contributed by atoms with E-state index in [1.54, 1.807) is 0 Å². The summed E-state index contributed by atoms with van der Waals surface area (Å²) < 4.78 is 5.37. The van der Waals surface area contributed by atoms with Crippen LogP contribution in [0.1, 0.15) is 19.3 Å². The summed E-state index contributed by atoms with van der Waals surface area (Å²) in [6, 6.07) is 1.49. The summed E-state index contributed by atoms with van der Waals surface area (Å²) in [6.07, 6.45) is 4.09.